The molecule has 0 bridgehead atoms. The van der Waals surface area contributed by atoms with E-state index in [0.717, 1.165) is 12.1 Å². The zero-order valence-corrected chi connectivity index (χ0v) is 10.8. The van der Waals surface area contributed by atoms with Crippen molar-refractivity contribution in [2.75, 3.05) is 20.7 Å². The van der Waals surface area contributed by atoms with Crippen LogP contribution in [0.1, 0.15) is 18.9 Å². The largest absolute Gasteiger partial charge is 0.494 e. The van der Waals surface area contributed by atoms with Gasteiger partial charge in [0.1, 0.15) is 11.6 Å². The van der Waals surface area contributed by atoms with Gasteiger partial charge in [-0.3, -0.25) is 4.79 Å². The van der Waals surface area contributed by atoms with Gasteiger partial charge in [0.2, 0.25) is 0 Å². The van der Waals surface area contributed by atoms with E-state index in [2.05, 4.69) is 0 Å². The van der Waals surface area contributed by atoms with Gasteiger partial charge in [0, 0.05) is 31.1 Å². The van der Waals surface area contributed by atoms with E-state index in [9.17, 15) is 13.6 Å². The summed E-state index contributed by atoms with van der Waals surface area (Å²) in [5.74, 6) is -1.14. The SMILES string of the molecule is COc1cc(F)c(CN(C)CCC(C)=O)cc1F. The van der Waals surface area contributed by atoms with Crippen LogP contribution in [0.4, 0.5) is 8.78 Å². The highest BCUT2D eigenvalue weighted by Crippen LogP contribution is 2.22. The first-order chi connectivity index (χ1) is 8.43. The maximum absolute atomic E-state index is 13.6. The van der Waals surface area contributed by atoms with Gasteiger partial charge in [0.15, 0.2) is 11.6 Å². The first kappa shape index (κ1) is 14.6. The monoisotopic (exact) mass is 257 g/mol. The fourth-order valence-electron chi connectivity index (χ4n) is 1.57. The van der Waals surface area contributed by atoms with Crippen LogP contribution in [0.3, 0.4) is 0 Å². The Hall–Kier alpha value is -1.49. The number of hydrogen-bond acceptors (Lipinski definition) is 3. The highest BCUT2D eigenvalue weighted by atomic mass is 19.1. The molecule has 0 heterocycles. The van der Waals surface area contributed by atoms with Gasteiger partial charge in [0.25, 0.3) is 0 Å². The molecule has 0 aromatic heterocycles. The van der Waals surface area contributed by atoms with Gasteiger partial charge >= 0.3 is 0 Å². The molecular weight excluding hydrogens is 240 g/mol. The van der Waals surface area contributed by atoms with E-state index >= 15 is 0 Å². The second-order valence-electron chi connectivity index (χ2n) is 4.27. The molecule has 0 aliphatic rings. The topological polar surface area (TPSA) is 29.5 Å². The highest BCUT2D eigenvalue weighted by Gasteiger charge is 2.12. The van der Waals surface area contributed by atoms with E-state index in [0.29, 0.717) is 13.0 Å². The van der Waals surface area contributed by atoms with Crippen LogP contribution in [-0.2, 0) is 11.3 Å². The minimum absolute atomic E-state index is 0.0724. The van der Waals surface area contributed by atoms with Crippen LogP contribution in [0.2, 0.25) is 0 Å². The molecule has 3 nitrogen and oxygen atoms in total. The Morgan fingerprint density at radius 2 is 2.00 bits per heavy atom. The van der Waals surface area contributed by atoms with Crippen LogP contribution >= 0.6 is 0 Å². The third kappa shape index (κ3) is 4.07. The second-order valence-corrected chi connectivity index (χ2v) is 4.27. The van der Waals surface area contributed by atoms with Crippen molar-refractivity contribution in [3.05, 3.63) is 29.3 Å². The number of hydrogen-bond donors (Lipinski definition) is 0. The molecule has 0 fully saturated rings. The average molecular weight is 257 g/mol. The summed E-state index contributed by atoms with van der Waals surface area (Å²) in [5.41, 5.74) is 0.249. The third-order valence-corrected chi connectivity index (χ3v) is 2.61. The van der Waals surface area contributed by atoms with Crippen molar-refractivity contribution in [1.82, 2.24) is 4.90 Å². The molecule has 1 aromatic carbocycles. The number of ketones is 1. The lowest BCUT2D eigenvalue weighted by Crippen LogP contribution is -2.21. The van der Waals surface area contributed by atoms with Gasteiger partial charge < -0.3 is 9.64 Å². The molecule has 0 N–H and O–H groups in total. The summed E-state index contributed by atoms with van der Waals surface area (Å²) in [5, 5.41) is 0. The van der Waals surface area contributed by atoms with Crippen molar-refractivity contribution in [2.45, 2.75) is 19.9 Å². The van der Waals surface area contributed by atoms with E-state index in [1.54, 1.807) is 11.9 Å². The summed E-state index contributed by atoms with van der Waals surface area (Å²) in [6.45, 7) is 2.27. The van der Waals surface area contributed by atoms with Crippen LogP contribution in [-0.4, -0.2) is 31.4 Å². The van der Waals surface area contributed by atoms with Crippen LogP contribution in [0, 0.1) is 11.6 Å². The maximum atomic E-state index is 13.6. The van der Waals surface area contributed by atoms with E-state index < -0.39 is 11.6 Å². The van der Waals surface area contributed by atoms with E-state index in [4.69, 9.17) is 4.74 Å². The van der Waals surface area contributed by atoms with E-state index in [1.165, 1.54) is 14.0 Å². The molecule has 0 atom stereocenters. The van der Waals surface area contributed by atoms with Gasteiger partial charge in [0.05, 0.1) is 7.11 Å². The van der Waals surface area contributed by atoms with Crippen LogP contribution in [0.5, 0.6) is 5.75 Å². The van der Waals surface area contributed by atoms with Crippen molar-refractivity contribution in [3.8, 4) is 5.75 Å². The molecule has 0 aliphatic carbocycles. The second kappa shape index (κ2) is 6.44. The number of carbonyl (C=O) groups excluding carboxylic acids is 1. The summed E-state index contributed by atoms with van der Waals surface area (Å²) in [7, 11) is 3.04. The zero-order valence-electron chi connectivity index (χ0n) is 10.8. The molecule has 18 heavy (non-hydrogen) atoms. The van der Waals surface area contributed by atoms with E-state index in [1.807, 2.05) is 0 Å². The molecule has 1 rings (SSSR count). The molecule has 0 radical (unpaired) electrons. The molecule has 0 unspecified atom stereocenters. The quantitative estimate of drug-likeness (QED) is 0.783. The zero-order chi connectivity index (χ0) is 13.7. The van der Waals surface area contributed by atoms with Crippen LogP contribution in [0.25, 0.3) is 0 Å². The summed E-state index contributed by atoms with van der Waals surface area (Å²) in [6.07, 6.45) is 0.400. The Labute approximate surface area is 105 Å². The lowest BCUT2D eigenvalue weighted by atomic mass is 10.1. The Morgan fingerprint density at radius 1 is 1.33 bits per heavy atom. The smallest absolute Gasteiger partial charge is 0.165 e. The minimum Gasteiger partial charge on any atom is -0.494 e. The standard InChI is InChI=1S/C13H17F2NO2/c1-9(17)4-5-16(2)8-10-6-12(15)13(18-3)7-11(10)14/h6-7H,4-5,8H2,1-3H3. The fraction of sp³-hybridized carbons (Fsp3) is 0.462. The molecule has 100 valence electrons. The molecule has 5 heteroatoms. The molecule has 0 saturated heterocycles. The predicted molar refractivity (Wildman–Crippen MR) is 64.5 cm³/mol. The number of carbonyl (C=O) groups is 1. The molecular formula is C13H17F2NO2. The van der Waals surface area contributed by atoms with Gasteiger partial charge in [-0.05, 0) is 20.0 Å². The summed E-state index contributed by atoms with van der Waals surface area (Å²) < 4.78 is 31.8. The Balaban J connectivity index is 2.72. The predicted octanol–water partition coefficient (Wildman–Crippen LogP) is 2.38. The highest BCUT2D eigenvalue weighted by molar-refractivity contribution is 5.75. The normalized spacial score (nSPS) is 10.8. The van der Waals surface area contributed by atoms with Crippen LogP contribution in [0.15, 0.2) is 12.1 Å². The number of methoxy groups -OCH3 is 1. The number of nitrogens with zero attached hydrogens (tertiary/aromatic N) is 1. The fourth-order valence-corrected chi connectivity index (χ4v) is 1.57. The van der Waals surface area contributed by atoms with Gasteiger partial charge in [-0.2, -0.15) is 0 Å². The van der Waals surface area contributed by atoms with Gasteiger partial charge in [-0.1, -0.05) is 0 Å². The molecule has 0 spiro atoms. The maximum Gasteiger partial charge on any atom is 0.165 e. The Kier molecular flexibility index (Phi) is 5.22. The Morgan fingerprint density at radius 3 is 2.56 bits per heavy atom. The number of rotatable bonds is 6. The van der Waals surface area contributed by atoms with Crippen molar-refractivity contribution < 1.29 is 18.3 Å². The first-order valence-electron chi connectivity index (χ1n) is 5.64. The molecule has 0 amide bonds. The van der Waals surface area contributed by atoms with Crippen molar-refractivity contribution in [1.29, 1.82) is 0 Å². The molecule has 1 aromatic rings. The molecule has 0 saturated carbocycles. The van der Waals surface area contributed by atoms with Gasteiger partial charge in [-0.25, -0.2) is 8.78 Å². The number of benzene rings is 1. The first-order valence-corrected chi connectivity index (χ1v) is 5.64. The summed E-state index contributed by atoms with van der Waals surface area (Å²) in [6, 6.07) is 2.15. The van der Waals surface area contributed by atoms with Crippen molar-refractivity contribution in [3.63, 3.8) is 0 Å². The third-order valence-electron chi connectivity index (χ3n) is 2.61. The summed E-state index contributed by atoms with van der Waals surface area (Å²) in [4.78, 5) is 12.6. The van der Waals surface area contributed by atoms with Crippen molar-refractivity contribution in [2.24, 2.45) is 0 Å². The Bertz CT molecular complexity index is 435. The summed E-state index contributed by atoms with van der Waals surface area (Å²) >= 11 is 0. The lowest BCUT2D eigenvalue weighted by molar-refractivity contribution is -0.117. The number of Topliss-reactive ketones (excluding diaryl/α,β-unsaturated/α-hetero) is 1. The number of ether oxygens (including phenoxy) is 1. The van der Waals surface area contributed by atoms with Crippen molar-refractivity contribution >= 4 is 5.78 Å². The lowest BCUT2D eigenvalue weighted by Gasteiger charge is -2.16. The van der Waals surface area contributed by atoms with Gasteiger partial charge in [-0.15, -0.1) is 0 Å². The minimum atomic E-state index is -0.589. The molecule has 0 aliphatic heterocycles. The average Bonchev–Trinajstić information content (AvgIpc) is 2.30. The number of halogens is 2. The van der Waals surface area contributed by atoms with E-state index in [-0.39, 0.29) is 23.6 Å². The van der Waals surface area contributed by atoms with Crippen LogP contribution < -0.4 is 4.74 Å².